The van der Waals surface area contributed by atoms with Crippen molar-refractivity contribution < 1.29 is 4.79 Å². The molecule has 0 saturated carbocycles. The first-order chi connectivity index (χ1) is 9.97. The number of nitrogens with zero attached hydrogens (tertiary/aromatic N) is 1. The summed E-state index contributed by atoms with van der Waals surface area (Å²) in [6.45, 7) is 11.9. The average molecular weight is 308 g/mol. The molecule has 3 nitrogen and oxygen atoms in total. The molecule has 1 aliphatic heterocycles. The zero-order chi connectivity index (χ0) is 15.4. The first-order valence-electron chi connectivity index (χ1n) is 8.09. The third-order valence-electron chi connectivity index (χ3n) is 3.81. The van der Waals surface area contributed by atoms with Gasteiger partial charge in [0, 0.05) is 24.0 Å². The van der Waals surface area contributed by atoms with Gasteiger partial charge in [0.25, 0.3) is 5.91 Å². The summed E-state index contributed by atoms with van der Waals surface area (Å²) in [7, 11) is 0. The van der Waals surface area contributed by atoms with Gasteiger partial charge in [-0.25, -0.2) is 0 Å². The number of hydrogen-bond acceptors (Lipinski definition) is 3. The zero-order valence-electron chi connectivity index (χ0n) is 13.7. The molecule has 0 aromatic carbocycles. The molecule has 2 heterocycles. The molecule has 1 fully saturated rings. The molecule has 118 valence electrons. The highest BCUT2D eigenvalue weighted by Gasteiger charge is 2.28. The molecule has 2 rings (SSSR count). The van der Waals surface area contributed by atoms with Gasteiger partial charge < -0.3 is 5.32 Å². The van der Waals surface area contributed by atoms with Gasteiger partial charge in [-0.05, 0) is 43.4 Å². The number of hydrogen-bond donors (Lipinski definition) is 1. The quantitative estimate of drug-likeness (QED) is 0.863. The van der Waals surface area contributed by atoms with Crippen LogP contribution >= 0.6 is 11.3 Å². The van der Waals surface area contributed by atoms with Crippen molar-refractivity contribution in [1.82, 2.24) is 10.2 Å². The highest BCUT2D eigenvalue weighted by atomic mass is 32.1. The van der Waals surface area contributed by atoms with Crippen LogP contribution in [0.2, 0.25) is 0 Å². The van der Waals surface area contributed by atoms with E-state index in [4.69, 9.17) is 0 Å². The lowest BCUT2D eigenvalue weighted by Crippen LogP contribution is -2.27. The molecule has 0 bridgehead atoms. The van der Waals surface area contributed by atoms with Gasteiger partial charge in [-0.15, -0.1) is 11.3 Å². The summed E-state index contributed by atoms with van der Waals surface area (Å²) in [6.07, 6.45) is 2.49. The van der Waals surface area contributed by atoms with Gasteiger partial charge in [-0.3, -0.25) is 9.69 Å². The molecular weight excluding hydrogens is 280 g/mol. The maximum absolute atomic E-state index is 12.1. The second kappa shape index (κ2) is 7.41. The molecule has 1 aromatic heterocycles. The summed E-state index contributed by atoms with van der Waals surface area (Å²) < 4.78 is 0. The SMILES string of the molecule is CC(C)CNC(=O)c1ccc([C@@H]2CCCN2CC(C)C)s1. The molecule has 1 amide bonds. The molecule has 1 aromatic rings. The molecule has 1 saturated heterocycles. The Kier molecular flexibility index (Phi) is 5.82. The van der Waals surface area contributed by atoms with Crippen molar-refractivity contribution in [2.45, 2.75) is 46.6 Å². The number of nitrogens with one attached hydrogen (secondary N) is 1. The van der Waals surface area contributed by atoms with E-state index in [2.05, 4.69) is 44.0 Å². The summed E-state index contributed by atoms with van der Waals surface area (Å²) in [4.78, 5) is 16.9. The van der Waals surface area contributed by atoms with E-state index in [-0.39, 0.29) is 5.91 Å². The van der Waals surface area contributed by atoms with E-state index >= 15 is 0 Å². The van der Waals surface area contributed by atoms with E-state index in [1.54, 1.807) is 11.3 Å². The van der Waals surface area contributed by atoms with E-state index in [0.717, 1.165) is 18.0 Å². The molecule has 4 heteroatoms. The van der Waals surface area contributed by atoms with E-state index in [1.165, 1.54) is 24.3 Å². The monoisotopic (exact) mass is 308 g/mol. The smallest absolute Gasteiger partial charge is 0.261 e. The molecule has 0 spiro atoms. The van der Waals surface area contributed by atoms with Crippen LogP contribution in [0.4, 0.5) is 0 Å². The van der Waals surface area contributed by atoms with Crippen molar-refractivity contribution in [1.29, 1.82) is 0 Å². The van der Waals surface area contributed by atoms with Crippen LogP contribution in [0.25, 0.3) is 0 Å². The highest BCUT2D eigenvalue weighted by Crippen LogP contribution is 2.36. The number of amides is 1. The number of carbonyl (C=O) groups excluding carboxylic acids is 1. The Morgan fingerprint density at radius 3 is 2.76 bits per heavy atom. The minimum absolute atomic E-state index is 0.0772. The first-order valence-corrected chi connectivity index (χ1v) is 8.91. The Labute approximate surface area is 132 Å². The Hall–Kier alpha value is -0.870. The lowest BCUT2D eigenvalue weighted by Gasteiger charge is -2.25. The fourth-order valence-electron chi connectivity index (χ4n) is 2.87. The number of rotatable bonds is 6. The van der Waals surface area contributed by atoms with Crippen LogP contribution in [-0.2, 0) is 0 Å². The summed E-state index contributed by atoms with van der Waals surface area (Å²) in [5.41, 5.74) is 0. The predicted molar refractivity (Wildman–Crippen MR) is 89.9 cm³/mol. The molecule has 1 aliphatic rings. The van der Waals surface area contributed by atoms with Gasteiger partial charge in [0.2, 0.25) is 0 Å². The van der Waals surface area contributed by atoms with Crippen LogP contribution in [0.3, 0.4) is 0 Å². The third-order valence-corrected chi connectivity index (χ3v) is 5.00. The minimum atomic E-state index is 0.0772. The highest BCUT2D eigenvalue weighted by molar-refractivity contribution is 7.14. The Bertz CT molecular complexity index is 467. The molecule has 0 radical (unpaired) electrons. The normalized spacial score (nSPS) is 19.6. The topological polar surface area (TPSA) is 32.3 Å². The summed E-state index contributed by atoms with van der Waals surface area (Å²) in [5.74, 6) is 1.26. The number of carbonyl (C=O) groups is 1. The predicted octanol–water partition coefficient (Wildman–Crippen LogP) is 3.93. The minimum Gasteiger partial charge on any atom is -0.351 e. The van der Waals surface area contributed by atoms with Gasteiger partial charge in [0.1, 0.15) is 0 Å². The molecule has 1 atom stereocenters. The fourth-order valence-corrected chi connectivity index (χ4v) is 3.97. The third kappa shape index (κ3) is 4.55. The average Bonchev–Trinajstić information content (AvgIpc) is 3.03. The van der Waals surface area contributed by atoms with Crippen LogP contribution in [0.5, 0.6) is 0 Å². The second-order valence-electron chi connectivity index (χ2n) is 6.85. The Morgan fingerprint density at radius 2 is 2.10 bits per heavy atom. The van der Waals surface area contributed by atoms with Gasteiger partial charge in [-0.2, -0.15) is 0 Å². The number of likely N-dealkylation sites (tertiary alicyclic amines) is 1. The van der Waals surface area contributed by atoms with E-state index in [9.17, 15) is 4.79 Å². The lowest BCUT2D eigenvalue weighted by atomic mass is 10.1. The van der Waals surface area contributed by atoms with Gasteiger partial charge in [0.15, 0.2) is 0 Å². The van der Waals surface area contributed by atoms with Crippen molar-refractivity contribution in [3.05, 3.63) is 21.9 Å². The zero-order valence-corrected chi connectivity index (χ0v) is 14.5. The van der Waals surface area contributed by atoms with Gasteiger partial charge >= 0.3 is 0 Å². The van der Waals surface area contributed by atoms with E-state index < -0.39 is 0 Å². The van der Waals surface area contributed by atoms with Crippen molar-refractivity contribution in [2.75, 3.05) is 19.6 Å². The summed E-state index contributed by atoms with van der Waals surface area (Å²) in [5, 5.41) is 3.00. The fraction of sp³-hybridized carbons (Fsp3) is 0.706. The van der Waals surface area contributed by atoms with E-state index in [0.29, 0.717) is 17.9 Å². The van der Waals surface area contributed by atoms with Crippen LogP contribution < -0.4 is 5.32 Å². The first kappa shape index (κ1) is 16.5. The maximum Gasteiger partial charge on any atom is 0.261 e. The van der Waals surface area contributed by atoms with Crippen LogP contribution in [0.1, 0.15) is 61.1 Å². The van der Waals surface area contributed by atoms with Gasteiger partial charge in [-0.1, -0.05) is 27.7 Å². The number of thiophene rings is 1. The van der Waals surface area contributed by atoms with Crippen molar-refractivity contribution in [2.24, 2.45) is 11.8 Å². The van der Waals surface area contributed by atoms with Crippen molar-refractivity contribution in [3.8, 4) is 0 Å². The Balaban J connectivity index is 2.00. The summed E-state index contributed by atoms with van der Waals surface area (Å²) >= 11 is 1.67. The second-order valence-corrected chi connectivity index (χ2v) is 7.97. The lowest BCUT2D eigenvalue weighted by molar-refractivity contribution is 0.0953. The standard InChI is InChI=1S/C17H28N2OS/c1-12(2)10-18-17(20)16-8-7-15(21-16)14-6-5-9-19(14)11-13(3)4/h7-8,12-14H,5-6,9-11H2,1-4H3,(H,18,20)/t14-/m0/s1. The van der Waals surface area contributed by atoms with Crippen LogP contribution in [-0.4, -0.2) is 30.4 Å². The maximum atomic E-state index is 12.1. The largest absolute Gasteiger partial charge is 0.351 e. The summed E-state index contributed by atoms with van der Waals surface area (Å²) in [6, 6.07) is 4.66. The Morgan fingerprint density at radius 1 is 1.33 bits per heavy atom. The molecular formula is C17H28N2OS. The molecule has 21 heavy (non-hydrogen) atoms. The van der Waals surface area contributed by atoms with Crippen LogP contribution in [0.15, 0.2) is 12.1 Å². The van der Waals surface area contributed by atoms with Gasteiger partial charge in [0.05, 0.1) is 4.88 Å². The van der Waals surface area contributed by atoms with E-state index in [1.807, 2.05) is 6.07 Å². The molecule has 0 aliphatic carbocycles. The molecule has 0 unspecified atom stereocenters. The van der Waals surface area contributed by atoms with Crippen molar-refractivity contribution in [3.63, 3.8) is 0 Å². The molecule has 1 N–H and O–H groups in total. The van der Waals surface area contributed by atoms with Crippen LogP contribution in [0, 0.1) is 11.8 Å². The van der Waals surface area contributed by atoms with Crippen molar-refractivity contribution >= 4 is 17.2 Å².